The van der Waals surface area contributed by atoms with Crippen LogP contribution in [0.25, 0.3) is 0 Å². The normalized spacial score (nSPS) is 11.6. The molecule has 0 saturated heterocycles. The van der Waals surface area contributed by atoms with Crippen LogP contribution in [0.2, 0.25) is 10.0 Å². The molecule has 0 aliphatic heterocycles. The Morgan fingerprint density at radius 1 is 0.795 bits per heavy atom. The van der Waals surface area contributed by atoms with Crippen LogP contribution in [0, 0.1) is 6.92 Å². The fourth-order valence-corrected chi connectivity index (χ4v) is 6.66. The van der Waals surface area contributed by atoms with E-state index in [1.807, 2.05) is 0 Å². The Bertz CT molecular complexity index is 1710. The topological polar surface area (TPSA) is 113 Å². The molecule has 2 N–H and O–H groups in total. The number of nitrogens with zero attached hydrogens (tertiary/aromatic N) is 1. The van der Waals surface area contributed by atoms with E-state index in [1.54, 1.807) is 49.4 Å². The van der Waals surface area contributed by atoms with Crippen LogP contribution in [0.5, 0.6) is 0 Å². The van der Waals surface area contributed by atoms with Crippen molar-refractivity contribution in [2.75, 3.05) is 20.9 Å². The minimum Gasteiger partial charge on any atom is -0.325 e. The molecule has 8 nitrogen and oxygen atoms in total. The average Bonchev–Trinajstić information content (AvgIpc) is 2.91. The molecule has 0 fully saturated rings. The van der Waals surface area contributed by atoms with Gasteiger partial charge >= 0.3 is 0 Å². The summed E-state index contributed by atoms with van der Waals surface area (Å²) < 4.78 is 56.0. The molecule has 0 saturated carbocycles. The van der Waals surface area contributed by atoms with Crippen molar-refractivity contribution in [3.05, 3.63) is 113 Å². The number of hydrogen-bond acceptors (Lipinski definition) is 5. The SMILES string of the molecule is Cc1ccccc1NS(=O)(=O)c1ccc(NC(=O)CN(c2cc(Cl)ccc2Cl)S(=O)(=O)c2ccccc2)cc1. The molecule has 0 spiro atoms. The molecule has 202 valence electrons. The van der Waals surface area contributed by atoms with Gasteiger partial charge in [0.25, 0.3) is 20.0 Å². The van der Waals surface area contributed by atoms with E-state index in [1.165, 1.54) is 54.6 Å². The summed E-state index contributed by atoms with van der Waals surface area (Å²) in [6, 6.07) is 24.4. The third-order valence-corrected chi connectivity index (χ3v) is 9.34. The number of aryl methyl sites for hydroxylation is 1. The van der Waals surface area contributed by atoms with Crippen molar-refractivity contribution in [2.24, 2.45) is 0 Å². The summed E-state index contributed by atoms with van der Waals surface area (Å²) >= 11 is 12.4. The van der Waals surface area contributed by atoms with Gasteiger partial charge in [-0.05, 0) is 73.2 Å². The molecule has 0 aliphatic carbocycles. The standard InChI is InChI=1S/C27H23Cl2N3O5S2/c1-19-7-5-6-10-25(19)31-38(34,35)22-14-12-21(13-15-22)30-27(33)18-32(26-17-20(28)11-16-24(26)29)39(36,37)23-8-3-2-4-9-23/h2-17,31H,18H2,1H3,(H,30,33). The van der Waals surface area contributed by atoms with Gasteiger partial charge in [-0.2, -0.15) is 0 Å². The predicted octanol–water partition coefficient (Wildman–Crippen LogP) is 5.94. The van der Waals surface area contributed by atoms with Gasteiger partial charge in [0.2, 0.25) is 5.91 Å². The monoisotopic (exact) mass is 603 g/mol. The molecule has 4 aromatic rings. The van der Waals surface area contributed by atoms with Crippen LogP contribution in [0.1, 0.15) is 5.56 Å². The van der Waals surface area contributed by atoms with Crippen LogP contribution in [0.15, 0.2) is 107 Å². The number of amides is 1. The van der Waals surface area contributed by atoms with E-state index in [-0.39, 0.29) is 31.2 Å². The second-order valence-electron chi connectivity index (χ2n) is 8.41. The number of sulfonamides is 2. The summed E-state index contributed by atoms with van der Waals surface area (Å²) in [4.78, 5) is 13.0. The highest BCUT2D eigenvalue weighted by molar-refractivity contribution is 7.93. The van der Waals surface area contributed by atoms with E-state index >= 15 is 0 Å². The van der Waals surface area contributed by atoms with Gasteiger partial charge in [-0.3, -0.25) is 13.8 Å². The van der Waals surface area contributed by atoms with E-state index < -0.39 is 32.5 Å². The first kappa shape index (κ1) is 28.4. The van der Waals surface area contributed by atoms with Gasteiger partial charge in [-0.15, -0.1) is 0 Å². The maximum absolute atomic E-state index is 13.5. The lowest BCUT2D eigenvalue weighted by atomic mass is 10.2. The number of carbonyl (C=O) groups is 1. The van der Waals surface area contributed by atoms with E-state index in [9.17, 15) is 21.6 Å². The maximum atomic E-state index is 13.5. The Kier molecular flexibility index (Phi) is 8.51. The molecule has 12 heteroatoms. The van der Waals surface area contributed by atoms with Crippen LogP contribution in [-0.2, 0) is 24.8 Å². The molecule has 0 atom stereocenters. The highest BCUT2D eigenvalue weighted by atomic mass is 35.5. The average molecular weight is 605 g/mol. The lowest BCUT2D eigenvalue weighted by Gasteiger charge is -2.25. The van der Waals surface area contributed by atoms with Crippen LogP contribution in [-0.4, -0.2) is 29.3 Å². The second kappa shape index (κ2) is 11.7. The zero-order valence-electron chi connectivity index (χ0n) is 20.5. The first-order valence-corrected chi connectivity index (χ1v) is 15.2. The number of anilines is 3. The summed E-state index contributed by atoms with van der Waals surface area (Å²) in [6.07, 6.45) is 0. The summed E-state index contributed by atoms with van der Waals surface area (Å²) in [5, 5.41) is 2.92. The van der Waals surface area contributed by atoms with Crippen LogP contribution in [0.3, 0.4) is 0 Å². The lowest BCUT2D eigenvalue weighted by molar-refractivity contribution is -0.114. The van der Waals surface area contributed by atoms with Crippen molar-refractivity contribution in [3.63, 3.8) is 0 Å². The first-order valence-electron chi connectivity index (χ1n) is 11.5. The van der Waals surface area contributed by atoms with Crippen LogP contribution in [0.4, 0.5) is 17.1 Å². The number of hydrogen-bond donors (Lipinski definition) is 2. The van der Waals surface area contributed by atoms with E-state index in [2.05, 4.69) is 10.0 Å². The minimum absolute atomic E-state index is 0.0113. The molecule has 0 heterocycles. The van der Waals surface area contributed by atoms with Crippen molar-refractivity contribution < 1.29 is 21.6 Å². The molecular formula is C27H23Cl2N3O5S2. The molecule has 0 radical (unpaired) electrons. The zero-order chi connectivity index (χ0) is 28.2. The number of para-hydroxylation sites is 1. The van der Waals surface area contributed by atoms with Crippen molar-refractivity contribution in [3.8, 4) is 0 Å². The Morgan fingerprint density at radius 3 is 2.10 bits per heavy atom. The fraction of sp³-hybridized carbons (Fsp3) is 0.0741. The van der Waals surface area contributed by atoms with Gasteiger partial charge in [0.15, 0.2) is 0 Å². The second-order valence-corrected chi connectivity index (χ2v) is 12.8. The predicted molar refractivity (Wildman–Crippen MR) is 154 cm³/mol. The van der Waals surface area contributed by atoms with Crippen LogP contribution < -0.4 is 14.3 Å². The van der Waals surface area contributed by atoms with Crippen molar-refractivity contribution in [2.45, 2.75) is 16.7 Å². The zero-order valence-corrected chi connectivity index (χ0v) is 23.7. The minimum atomic E-state index is -4.20. The summed E-state index contributed by atoms with van der Waals surface area (Å²) in [5.41, 5.74) is 1.52. The fourth-order valence-electron chi connectivity index (χ4n) is 3.64. The van der Waals surface area contributed by atoms with Crippen LogP contribution >= 0.6 is 23.2 Å². The van der Waals surface area contributed by atoms with Gasteiger partial charge in [-0.1, -0.05) is 59.6 Å². The molecule has 0 aromatic heterocycles. The Labute approximate surface area is 237 Å². The molecule has 0 bridgehead atoms. The number of benzene rings is 4. The van der Waals surface area contributed by atoms with Crippen molar-refractivity contribution >= 4 is 66.2 Å². The van der Waals surface area contributed by atoms with E-state index in [0.717, 1.165) is 9.87 Å². The molecule has 1 amide bonds. The van der Waals surface area contributed by atoms with E-state index in [4.69, 9.17) is 23.2 Å². The molecule has 39 heavy (non-hydrogen) atoms. The molecule has 4 aromatic carbocycles. The highest BCUT2D eigenvalue weighted by Crippen LogP contribution is 2.33. The quantitative estimate of drug-likeness (QED) is 0.246. The Balaban J connectivity index is 1.56. The molecule has 0 unspecified atom stereocenters. The van der Waals surface area contributed by atoms with Gasteiger partial charge in [0.05, 0.1) is 26.2 Å². The van der Waals surface area contributed by atoms with Crippen molar-refractivity contribution in [1.82, 2.24) is 0 Å². The largest absolute Gasteiger partial charge is 0.325 e. The van der Waals surface area contributed by atoms with Gasteiger partial charge < -0.3 is 5.32 Å². The van der Waals surface area contributed by atoms with Crippen molar-refractivity contribution in [1.29, 1.82) is 0 Å². The third kappa shape index (κ3) is 6.72. The summed E-state index contributed by atoms with van der Waals surface area (Å²) in [6.45, 7) is 1.17. The van der Waals surface area contributed by atoms with Gasteiger partial charge in [0.1, 0.15) is 6.54 Å². The Hall–Kier alpha value is -3.57. The number of nitrogens with one attached hydrogen (secondary N) is 2. The number of rotatable bonds is 9. The molecule has 4 rings (SSSR count). The van der Waals surface area contributed by atoms with Gasteiger partial charge in [-0.25, -0.2) is 16.8 Å². The highest BCUT2D eigenvalue weighted by Gasteiger charge is 2.29. The lowest BCUT2D eigenvalue weighted by Crippen LogP contribution is -2.38. The Morgan fingerprint density at radius 2 is 1.44 bits per heavy atom. The maximum Gasteiger partial charge on any atom is 0.264 e. The number of halogens is 2. The van der Waals surface area contributed by atoms with Gasteiger partial charge in [0, 0.05) is 10.7 Å². The third-order valence-electron chi connectivity index (χ3n) is 5.63. The number of carbonyl (C=O) groups excluding carboxylic acids is 1. The molecular weight excluding hydrogens is 581 g/mol. The summed E-state index contributed by atoms with van der Waals surface area (Å²) in [5.74, 6) is -0.681. The summed E-state index contributed by atoms with van der Waals surface area (Å²) in [7, 11) is -8.07. The molecule has 0 aliphatic rings. The first-order chi connectivity index (χ1) is 18.5. The van der Waals surface area contributed by atoms with E-state index in [0.29, 0.717) is 5.69 Å². The smallest absolute Gasteiger partial charge is 0.264 e.